The molecule has 6 aromatic carbocycles. The summed E-state index contributed by atoms with van der Waals surface area (Å²) in [5, 5.41) is 13.3. The molecule has 0 bridgehead atoms. The first kappa shape index (κ1) is 38.6. The van der Waals surface area contributed by atoms with Gasteiger partial charge in [-0.05, 0) is 113 Å². The zero-order chi connectivity index (χ0) is 40.2. The number of halogens is 2. The summed E-state index contributed by atoms with van der Waals surface area (Å²) in [6.45, 7) is 2.87. The summed E-state index contributed by atoms with van der Waals surface area (Å²) < 4.78 is 18.7. The number of benzene rings is 6. The molecule has 0 aromatic heterocycles. The van der Waals surface area contributed by atoms with Gasteiger partial charge in [-0.3, -0.25) is 9.59 Å². The van der Waals surface area contributed by atoms with Crippen molar-refractivity contribution < 1.29 is 23.8 Å². The van der Waals surface area contributed by atoms with Crippen LogP contribution < -0.4 is 19.5 Å². The molecule has 290 valence electrons. The van der Waals surface area contributed by atoms with Crippen molar-refractivity contribution in [3.05, 3.63) is 182 Å². The average Bonchev–Trinajstić information content (AvgIpc) is 3.26. The van der Waals surface area contributed by atoms with Gasteiger partial charge in [0.15, 0.2) is 17.6 Å². The molecule has 6 aromatic rings. The van der Waals surface area contributed by atoms with E-state index < -0.39 is 6.04 Å². The lowest BCUT2D eigenvalue weighted by atomic mass is 9.91. The molecule has 8 nitrogen and oxygen atoms in total. The molecule has 2 heterocycles. The number of hydrogen-bond donors (Lipinski definition) is 1. The van der Waals surface area contributed by atoms with Crippen molar-refractivity contribution in [3.8, 4) is 34.4 Å². The second-order valence-electron chi connectivity index (χ2n) is 14.6. The topological polar surface area (TPSA) is 101 Å². The molecule has 0 radical (unpaired) electrons. The molecule has 2 aliphatic rings. The third kappa shape index (κ3) is 8.67. The highest BCUT2D eigenvalue weighted by Gasteiger charge is 2.37. The van der Waals surface area contributed by atoms with Crippen molar-refractivity contribution in [1.29, 1.82) is 5.26 Å². The molecule has 0 saturated heterocycles. The number of carbonyl (C=O) groups is 2. The summed E-state index contributed by atoms with van der Waals surface area (Å²) in [6.07, 6.45) is 0.589. The molecule has 0 spiro atoms. The Labute approximate surface area is 347 Å². The number of nitriles is 1. The van der Waals surface area contributed by atoms with E-state index in [-0.39, 0.29) is 30.5 Å². The number of hydrogen-bond acceptors (Lipinski definition) is 6. The Hall–Kier alpha value is -6.27. The van der Waals surface area contributed by atoms with Gasteiger partial charge >= 0.3 is 0 Å². The van der Waals surface area contributed by atoms with Crippen molar-refractivity contribution in [2.24, 2.45) is 0 Å². The molecule has 0 fully saturated rings. The van der Waals surface area contributed by atoms with Gasteiger partial charge < -0.3 is 24.4 Å². The molecule has 8 rings (SSSR count). The maximum Gasteiger partial charge on any atom is 0.254 e. The highest BCUT2D eigenvalue weighted by Crippen LogP contribution is 2.41. The Morgan fingerprint density at radius 3 is 2.22 bits per heavy atom. The van der Waals surface area contributed by atoms with Gasteiger partial charge in [-0.2, -0.15) is 5.26 Å². The van der Waals surface area contributed by atoms with Crippen LogP contribution in [-0.4, -0.2) is 35.4 Å². The zero-order valence-electron chi connectivity index (χ0n) is 31.7. The van der Waals surface area contributed by atoms with Gasteiger partial charge in [0, 0.05) is 24.6 Å². The van der Waals surface area contributed by atoms with E-state index in [1.807, 2.05) is 104 Å². The lowest BCUT2D eigenvalue weighted by Gasteiger charge is -2.38. The normalized spacial score (nSPS) is 16.1. The third-order valence-corrected chi connectivity index (χ3v) is 11.3. The molecule has 58 heavy (non-hydrogen) atoms. The maximum atomic E-state index is 14.1. The Kier molecular flexibility index (Phi) is 11.4. The van der Waals surface area contributed by atoms with E-state index >= 15 is 0 Å². The van der Waals surface area contributed by atoms with Gasteiger partial charge in [-0.15, -0.1) is 0 Å². The first-order valence-corrected chi connectivity index (χ1v) is 19.8. The summed E-state index contributed by atoms with van der Waals surface area (Å²) in [6, 6.07) is 43.0. The molecule has 0 aliphatic carbocycles. The van der Waals surface area contributed by atoms with Crippen molar-refractivity contribution in [1.82, 2.24) is 10.2 Å². The van der Waals surface area contributed by atoms with Gasteiger partial charge in [0.25, 0.3) is 5.91 Å². The molecular formula is C48H39Cl2N3O5. The fourth-order valence-electron chi connectivity index (χ4n) is 7.40. The monoisotopic (exact) mass is 807 g/mol. The van der Waals surface area contributed by atoms with E-state index in [0.29, 0.717) is 64.5 Å². The van der Waals surface area contributed by atoms with Crippen molar-refractivity contribution >= 4 is 35.0 Å². The predicted molar refractivity (Wildman–Crippen MR) is 224 cm³/mol. The number of carbonyl (C=O) groups excluding carboxylic acids is 2. The van der Waals surface area contributed by atoms with E-state index in [9.17, 15) is 9.59 Å². The minimum Gasteiger partial charge on any atom is -0.489 e. The Balaban J connectivity index is 0.949. The van der Waals surface area contributed by atoms with Crippen molar-refractivity contribution in [2.75, 3.05) is 6.61 Å². The van der Waals surface area contributed by atoms with Crippen LogP contribution in [0, 0.1) is 11.3 Å². The number of rotatable bonds is 10. The minimum absolute atomic E-state index is 0.191. The number of ether oxygens (including phenoxy) is 3. The average molecular weight is 809 g/mol. The number of nitrogens with one attached hydrogen (secondary N) is 1. The Bertz CT molecular complexity index is 2490. The molecule has 10 heteroatoms. The Morgan fingerprint density at radius 1 is 0.828 bits per heavy atom. The highest BCUT2D eigenvalue weighted by molar-refractivity contribution is 6.42. The lowest BCUT2D eigenvalue weighted by molar-refractivity contribution is -0.126. The first-order valence-electron chi connectivity index (χ1n) is 19.1. The quantitative estimate of drug-likeness (QED) is 0.148. The van der Waals surface area contributed by atoms with Crippen LogP contribution in [0.25, 0.3) is 11.1 Å². The SMILES string of the molecule is CC(Cc1ccc(-c2ccc(C#N)cc2)cc1)NC(=O)C1Cc2cc3c(cc2CN1C(=O)c1ccccc1)OC(c1ccc(OCc2ccc(Cl)c(Cl)c2)cc1)CO3. The first-order chi connectivity index (χ1) is 28.2. The largest absolute Gasteiger partial charge is 0.489 e. The van der Waals surface area contributed by atoms with Gasteiger partial charge in [-0.1, -0.05) is 96.0 Å². The van der Waals surface area contributed by atoms with Gasteiger partial charge in [0.1, 0.15) is 25.0 Å². The van der Waals surface area contributed by atoms with Crippen LogP contribution in [0.4, 0.5) is 0 Å². The summed E-state index contributed by atoms with van der Waals surface area (Å²) >= 11 is 12.2. The molecule has 3 unspecified atom stereocenters. The fraction of sp³-hybridized carbons (Fsp3) is 0.188. The number of amides is 2. The van der Waals surface area contributed by atoms with E-state index in [2.05, 4.69) is 23.5 Å². The third-order valence-electron chi connectivity index (χ3n) is 10.5. The van der Waals surface area contributed by atoms with E-state index in [4.69, 9.17) is 42.7 Å². The number of fused-ring (bicyclic) bond motifs is 2. The number of nitrogens with zero attached hydrogens (tertiary/aromatic N) is 2. The second-order valence-corrected chi connectivity index (χ2v) is 15.4. The predicted octanol–water partition coefficient (Wildman–Crippen LogP) is 9.94. The smallest absolute Gasteiger partial charge is 0.254 e. The van der Waals surface area contributed by atoms with Crippen LogP contribution in [0.15, 0.2) is 133 Å². The molecule has 1 N–H and O–H groups in total. The zero-order valence-corrected chi connectivity index (χ0v) is 33.2. The van der Waals surface area contributed by atoms with Crippen LogP contribution in [0.1, 0.15) is 56.8 Å². The summed E-state index contributed by atoms with van der Waals surface area (Å²) in [4.78, 5) is 29.8. The fourth-order valence-corrected chi connectivity index (χ4v) is 7.72. The van der Waals surface area contributed by atoms with Crippen molar-refractivity contribution in [3.63, 3.8) is 0 Å². The van der Waals surface area contributed by atoms with E-state index in [0.717, 1.165) is 38.9 Å². The molecule has 2 aliphatic heterocycles. The molecule has 2 amide bonds. The van der Waals surface area contributed by atoms with Crippen LogP contribution in [-0.2, 0) is 30.8 Å². The molecule has 0 saturated carbocycles. The standard InChI is InChI=1S/C48H39Cl2N3O5/c1-30(21-31-7-12-34(13-8-31)35-14-9-32(26-51)10-15-35)52-47(54)43-23-38-24-44-45(25-39(38)27-53(43)48(55)37-5-3-2-4-6-37)58-46(29-57-44)36-16-18-40(19-17-36)56-28-33-11-20-41(49)42(50)22-33/h2-20,22,24-25,30,43,46H,21,23,27-29H2,1H3,(H,52,54). The second kappa shape index (κ2) is 17.1. The van der Waals surface area contributed by atoms with Crippen molar-refractivity contribution in [2.45, 2.75) is 51.1 Å². The van der Waals surface area contributed by atoms with Gasteiger partial charge in [-0.25, -0.2) is 0 Å². The lowest BCUT2D eigenvalue weighted by Crippen LogP contribution is -2.54. The summed E-state index contributed by atoms with van der Waals surface area (Å²) in [5.41, 5.74) is 7.96. The Morgan fingerprint density at radius 2 is 1.52 bits per heavy atom. The van der Waals surface area contributed by atoms with E-state index in [1.54, 1.807) is 29.2 Å². The van der Waals surface area contributed by atoms with Gasteiger partial charge in [0.05, 0.1) is 21.7 Å². The summed E-state index contributed by atoms with van der Waals surface area (Å²) in [5.74, 6) is 1.47. The maximum absolute atomic E-state index is 14.1. The molecule has 3 atom stereocenters. The van der Waals surface area contributed by atoms with E-state index in [1.165, 1.54) is 0 Å². The molecular weight excluding hydrogens is 769 g/mol. The van der Waals surface area contributed by atoms with Crippen LogP contribution in [0.2, 0.25) is 10.0 Å². The van der Waals surface area contributed by atoms with Crippen LogP contribution in [0.3, 0.4) is 0 Å². The van der Waals surface area contributed by atoms with Crippen LogP contribution in [0.5, 0.6) is 17.2 Å². The van der Waals surface area contributed by atoms with Gasteiger partial charge in [0.2, 0.25) is 5.91 Å². The van der Waals surface area contributed by atoms with Crippen LogP contribution >= 0.6 is 23.2 Å². The highest BCUT2D eigenvalue weighted by atomic mass is 35.5. The summed E-state index contributed by atoms with van der Waals surface area (Å²) in [7, 11) is 0. The minimum atomic E-state index is -0.728.